The van der Waals surface area contributed by atoms with Crippen molar-refractivity contribution in [2.75, 3.05) is 6.54 Å². The van der Waals surface area contributed by atoms with E-state index in [0.717, 1.165) is 36.6 Å². The maximum Gasteiger partial charge on any atom is 0.251 e. The molecule has 1 aromatic carbocycles. The Kier molecular flexibility index (Phi) is 5.15. The SMILES string of the molecule is NCCC(=O)N[C@H]1CC[C@H](NC(=O)c2ccc3cc[nH]c3c2)CC1. The van der Waals surface area contributed by atoms with Crippen LogP contribution in [0.15, 0.2) is 30.5 Å². The van der Waals surface area contributed by atoms with E-state index in [1.807, 2.05) is 30.5 Å². The van der Waals surface area contributed by atoms with Gasteiger partial charge in [-0.05, 0) is 49.3 Å². The van der Waals surface area contributed by atoms with E-state index in [1.165, 1.54) is 0 Å². The lowest BCUT2D eigenvalue weighted by Crippen LogP contribution is -2.44. The van der Waals surface area contributed by atoms with E-state index in [-0.39, 0.29) is 23.9 Å². The van der Waals surface area contributed by atoms with Crippen molar-refractivity contribution in [3.8, 4) is 0 Å². The molecular formula is C18H24N4O2. The van der Waals surface area contributed by atoms with Crippen LogP contribution in [0.3, 0.4) is 0 Å². The highest BCUT2D eigenvalue weighted by Gasteiger charge is 2.23. The van der Waals surface area contributed by atoms with Crippen LogP contribution in [0, 0.1) is 0 Å². The van der Waals surface area contributed by atoms with Gasteiger partial charge >= 0.3 is 0 Å². The van der Waals surface area contributed by atoms with Crippen LogP contribution in [0.1, 0.15) is 42.5 Å². The predicted octanol–water partition coefficient (Wildman–Crippen LogP) is 1.67. The minimum atomic E-state index is -0.0397. The fourth-order valence-electron chi connectivity index (χ4n) is 3.27. The zero-order chi connectivity index (χ0) is 16.9. The van der Waals surface area contributed by atoms with Crippen LogP contribution in [0.2, 0.25) is 0 Å². The highest BCUT2D eigenvalue weighted by atomic mass is 16.2. The van der Waals surface area contributed by atoms with Gasteiger partial charge in [0.1, 0.15) is 0 Å². The molecule has 0 atom stereocenters. The number of hydrogen-bond donors (Lipinski definition) is 4. The van der Waals surface area contributed by atoms with Gasteiger partial charge in [0, 0.05) is 42.3 Å². The first kappa shape index (κ1) is 16.5. The summed E-state index contributed by atoms with van der Waals surface area (Å²) in [7, 11) is 0. The van der Waals surface area contributed by atoms with Gasteiger partial charge in [0.2, 0.25) is 5.91 Å². The summed E-state index contributed by atoms with van der Waals surface area (Å²) in [5.74, 6) is -0.0219. The summed E-state index contributed by atoms with van der Waals surface area (Å²) in [5.41, 5.74) is 7.02. The third-order valence-electron chi connectivity index (χ3n) is 4.62. The quantitative estimate of drug-likeness (QED) is 0.672. The number of benzene rings is 1. The summed E-state index contributed by atoms with van der Waals surface area (Å²) in [4.78, 5) is 27.1. The first-order valence-corrected chi connectivity index (χ1v) is 8.53. The number of nitrogens with two attached hydrogens (primary N) is 1. The van der Waals surface area contributed by atoms with Crippen molar-refractivity contribution in [1.82, 2.24) is 15.6 Å². The second-order valence-electron chi connectivity index (χ2n) is 6.41. The van der Waals surface area contributed by atoms with Gasteiger partial charge in [0.05, 0.1) is 0 Å². The largest absolute Gasteiger partial charge is 0.361 e. The Morgan fingerprint density at radius 1 is 1.08 bits per heavy atom. The van der Waals surface area contributed by atoms with Gasteiger partial charge < -0.3 is 21.4 Å². The summed E-state index contributed by atoms with van der Waals surface area (Å²) in [6, 6.07) is 8.03. The van der Waals surface area contributed by atoms with Crippen molar-refractivity contribution < 1.29 is 9.59 Å². The molecule has 1 fully saturated rings. The van der Waals surface area contributed by atoms with Crippen molar-refractivity contribution in [2.24, 2.45) is 5.73 Å². The molecule has 1 saturated carbocycles. The number of aromatic amines is 1. The van der Waals surface area contributed by atoms with Crippen LogP contribution in [0.25, 0.3) is 10.9 Å². The van der Waals surface area contributed by atoms with Crippen LogP contribution >= 0.6 is 0 Å². The molecule has 0 bridgehead atoms. The molecule has 1 aliphatic carbocycles. The third-order valence-corrected chi connectivity index (χ3v) is 4.62. The number of H-pyrrole nitrogens is 1. The van der Waals surface area contributed by atoms with Crippen LogP contribution in [-0.4, -0.2) is 35.4 Å². The van der Waals surface area contributed by atoms with Gasteiger partial charge in [0.15, 0.2) is 0 Å². The summed E-state index contributed by atoms with van der Waals surface area (Å²) in [5, 5.41) is 7.21. The second kappa shape index (κ2) is 7.49. The van der Waals surface area contributed by atoms with Crippen LogP contribution in [0.4, 0.5) is 0 Å². The molecule has 0 saturated heterocycles. The van der Waals surface area contributed by atoms with Crippen molar-refractivity contribution in [3.63, 3.8) is 0 Å². The minimum Gasteiger partial charge on any atom is -0.361 e. The van der Waals surface area contributed by atoms with E-state index in [2.05, 4.69) is 15.6 Å². The molecule has 6 nitrogen and oxygen atoms in total. The molecule has 0 spiro atoms. The highest BCUT2D eigenvalue weighted by molar-refractivity contribution is 5.98. The summed E-state index contributed by atoms with van der Waals surface area (Å²) in [6.45, 7) is 0.377. The van der Waals surface area contributed by atoms with Crippen molar-refractivity contribution in [2.45, 2.75) is 44.2 Å². The number of carbonyl (C=O) groups is 2. The lowest BCUT2D eigenvalue weighted by Gasteiger charge is -2.29. The molecule has 0 radical (unpaired) electrons. The van der Waals surface area contributed by atoms with Gasteiger partial charge in [-0.1, -0.05) is 6.07 Å². The predicted molar refractivity (Wildman–Crippen MR) is 93.6 cm³/mol. The van der Waals surface area contributed by atoms with E-state index in [1.54, 1.807) is 0 Å². The number of amides is 2. The maximum atomic E-state index is 12.4. The van der Waals surface area contributed by atoms with Gasteiger partial charge in [-0.25, -0.2) is 0 Å². The number of fused-ring (bicyclic) bond motifs is 1. The van der Waals surface area contributed by atoms with E-state index in [0.29, 0.717) is 18.5 Å². The Balaban J connectivity index is 1.50. The Labute approximate surface area is 141 Å². The van der Waals surface area contributed by atoms with Gasteiger partial charge in [-0.2, -0.15) is 0 Å². The number of hydrogen-bond acceptors (Lipinski definition) is 3. The topological polar surface area (TPSA) is 100 Å². The monoisotopic (exact) mass is 328 g/mol. The summed E-state index contributed by atoms with van der Waals surface area (Å²) in [6.07, 6.45) is 5.77. The van der Waals surface area contributed by atoms with Gasteiger partial charge in [-0.15, -0.1) is 0 Å². The highest BCUT2D eigenvalue weighted by Crippen LogP contribution is 2.20. The minimum absolute atomic E-state index is 0.0178. The molecule has 0 unspecified atom stereocenters. The molecule has 5 N–H and O–H groups in total. The Hall–Kier alpha value is -2.34. The molecule has 128 valence electrons. The number of rotatable bonds is 5. The molecule has 0 aliphatic heterocycles. The molecule has 2 amide bonds. The van der Waals surface area contributed by atoms with Gasteiger partial charge in [-0.3, -0.25) is 9.59 Å². The van der Waals surface area contributed by atoms with Crippen molar-refractivity contribution in [1.29, 1.82) is 0 Å². The molecule has 24 heavy (non-hydrogen) atoms. The lowest BCUT2D eigenvalue weighted by molar-refractivity contribution is -0.121. The average Bonchev–Trinajstić information content (AvgIpc) is 3.04. The first-order chi connectivity index (χ1) is 11.7. The van der Waals surface area contributed by atoms with Crippen LogP contribution in [-0.2, 0) is 4.79 Å². The van der Waals surface area contributed by atoms with Crippen LogP contribution in [0.5, 0.6) is 0 Å². The Morgan fingerprint density at radius 2 is 1.79 bits per heavy atom. The maximum absolute atomic E-state index is 12.4. The molecule has 3 rings (SSSR count). The normalized spacial score (nSPS) is 20.7. The molecule has 1 aliphatic rings. The smallest absolute Gasteiger partial charge is 0.251 e. The Bertz CT molecular complexity index is 717. The Morgan fingerprint density at radius 3 is 2.50 bits per heavy atom. The fourth-order valence-corrected chi connectivity index (χ4v) is 3.27. The zero-order valence-corrected chi connectivity index (χ0v) is 13.7. The number of aromatic nitrogens is 1. The van der Waals surface area contributed by atoms with E-state index in [4.69, 9.17) is 5.73 Å². The number of nitrogens with one attached hydrogen (secondary N) is 3. The molecular weight excluding hydrogens is 304 g/mol. The molecule has 6 heteroatoms. The lowest BCUT2D eigenvalue weighted by atomic mass is 9.91. The molecule has 2 aromatic rings. The average molecular weight is 328 g/mol. The van der Waals surface area contributed by atoms with Crippen molar-refractivity contribution in [3.05, 3.63) is 36.0 Å². The fraction of sp³-hybridized carbons (Fsp3) is 0.444. The van der Waals surface area contributed by atoms with E-state index >= 15 is 0 Å². The number of carbonyl (C=O) groups excluding carboxylic acids is 2. The van der Waals surface area contributed by atoms with Gasteiger partial charge in [0.25, 0.3) is 5.91 Å². The van der Waals surface area contributed by atoms with E-state index < -0.39 is 0 Å². The van der Waals surface area contributed by atoms with Crippen LogP contribution < -0.4 is 16.4 Å². The molecule has 1 heterocycles. The summed E-state index contributed by atoms with van der Waals surface area (Å²) < 4.78 is 0. The zero-order valence-electron chi connectivity index (χ0n) is 13.7. The third kappa shape index (κ3) is 3.94. The van der Waals surface area contributed by atoms with Crippen molar-refractivity contribution >= 4 is 22.7 Å². The first-order valence-electron chi connectivity index (χ1n) is 8.53. The molecule has 1 aromatic heterocycles. The second-order valence-corrected chi connectivity index (χ2v) is 6.41. The standard InChI is InChI=1S/C18H24N4O2/c19-9-7-17(23)21-14-3-5-15(6-4-14)22-18(24)13-2-1-12-8-10-20-16(12)11-13/h1-2,8,10-11,14-15,20H,3-7,9,19H2,(H,21,23)(H,22,24)/t14-,15-. The summed E-state index contributed by atoms with van der Waals surface area (Å²) >= 11 is 0. The van der Waals surface area contributed by atoms with E-state index in [9.17, 15) is 9.59 Å².